The first-order valence-electron chi connectivity index (χ1n) is 8.91. The Morgan fingerprint density at radius 2 is 2.00 bits per heavy atom. The second-order valence-corrected chi connectivity index (χ2v) is 6.57. The SMILES string of the molecule is Cc1ccc(-n2cccc2CC(=O)NCCCN2CCCC2=O)cc1. The van der Waals surface area contributed by atoms with Gasteiger partial charge < -0.3 is 14.8 Å². The van der Waals surface area contributed by atoms with E-state index >= 15 is 0 Å². The van der Waals surface area contributed by atoms with Crippen LogP contribution in [-0.4, -0.2) is 40.9 Å². The molecule has 0 saturated carbocycles. The van der Waals surface area contributed by atoms with Crippen molar-refractivity contribution in [2.45, 2.75) is 32.6 Å². The molecule has 0 spiro atoms. The maximum absolute atomic E-state index is 12.2. The van der Waals surface area contributed by atoms with Crippen LogP contribution in [-0.2, 0) is 16.0 Å². The molecule has 1 fully saturated rings. The van der Waals surface area contributed by atoms with Gasteiger partial charge in [-0.2, -0.15) is 0 Å². The highest BCUT2D eigenvalue weighted by Crippen LogP contribution is 2.14. The van der Waals surface area contributed by atoms with Crippen LogP contribution in [0.25, 0.3) is 5.69 Å². The number of carbonyl (C=O) groups excluding carboxylic acids is 2. The van der Waals surface area contributed by atoms with Crippen molar-refractivity contribution in [1.82, 2.24) is 14.8 Å². The normalized spacial score (nSPS) is 14.1. The van der Waals surface area contributed by atoms with Crippen molar-refractivity contribution >= 4 is 11.8 Å². The molecule has 0 bridgehead atoms. The van der Waals surface area contributed by atoms with E-state index in [1.165, 1.54) is 5.56 Å². The molecule has 5 nitrogen and oxygen atoms in total. The molecular formula is C20H25N3O2. The molecule has 1 aromatic carbocycles. The third-order valence-electron chi connectivity index (χ3n) is 4.59. The van der Waals surface area contributed by atoms with E-state index in [2.05, 4.69) is 36.5 Å². The summed E-state index contributed by atoms with van der Waals surface area (Å²) < 4.78 is 2.04. The molecule has 5 heteroatoms. The molecule has 0 atom stereocenters. The van der Waals surface area contributed by atoms with Crippen molar-refractivity contribution in [2.24, 2.45) is 0 Å². The van der Waals surface area contributed by atoms with Crippen molar-refractivity contribution in [3.05, 3.63) is 53.9 Å². The van der Waals surface area contributed by atoms with Gasteiger partial charge in [0.05, 0.1) is 6.42 Å². The first-order valence-corrected chi connectivity index (χ1v) is 8.91. The fourth-order valence-corrected chi connectivity index (χ4v) is 3.18. The standard InChI is InChI=1S/C20H25N3O2/c1-16-7-9-17(10-8-16)23-14-2-5-18(23)15-19(24)21-11-4-13-22-12-3-6-20(22)25/h2,5,7-10,14H,3-4,6,11-13,15H2,1H3,(H,21,24). The molecule has 1 saturated heterocycles. The van der Waals surface area contributed by atoms with Crippen LogP contribution < -0.4 is 5.32 Å². The van der Waals surface area contributed by atoms with Crippen molar-refractivity contribution in [2.75, 3.05) is 19.6 Å². The number of rotatable bonds is 7. The largest absolute Gasteiger partial charge is 0.356 e. The molecule has 0 aliphatic carbocycles. The highest BCUT2D eigenvalue weighted by molar-refractivity contribution is 5.78. The van der Waals surface area contributed by atoms with E-state index in [9.17, 15) is 9.59 Å². The van der Waals surface area contributed by atoms with Gasteiger partial charge in [-0.05, 0) is 44.0 Å². The Labute approximate surface area is 148 Å². The monoisotopic (exact) mass is 339 g/mol. The first kappa shape index (κ1) is 17.3. The molecule has 2 heterocycles. The molecule has 2 amide bonds. The van der Waals surface area contributed by atoms with Gasteiger partial charge in [-0.1, -0.05) is 17.7 Å². The van der Waals surface area contributed by atoms with Crippen LogP contribution in [0.15, 0.2) is 42.6 Å². The number of aryl methyl sites for hydroxylation is 1. The summed E-state index contributed by atoms with van der Waals surface area (Å²) >= 11 is 0. The van der Waals surface area contributed by atoms with Gasteiger partial charge in [0.2, 0.25) is 11.8 Å². The number of benzene rings is 1. The zero-order valence-electron chi connectivity index (χ0n) is 14.7. The number of likely N-dealkylation sites (tertiary alicyclic amines) is 1. The lowest BCUT2D eigenvalue weighted by molar-refractivity contribution is -0.127. The van der Waals surface area contributed by atoms with Gasteiger partial charge >= 0.3 is 0 Å². The van der Waals surface area contributed by atoms with Crippen molar-refractivity contribution < 1.29 is 9.59 Å². The lowest BCUT2D eigenvalue weighted by Gasteiger charge is -2.15. The average molecular weight is 339 g/mol. The third-order valence-corrected chi connectivity index (χ3v) is 4.59. The predicted molar refractivity (Wildman–Crippen MR) is 97.7 cm³/mol. The minimum atomic E-state index is 0.0137. The predicted octanol–water partition coefficient (Wildman–Crippen LogP) is 2.46. The Morgan fingerprint density at radius 1 is 1.20 bits per heavy atom. The summed E-state index contributed by atoms with van der Waals surface area (Å²) in [6, 6.07) is 12.2. The van der Waals surface area contributed by atoms with Gasteiger partial charge in [0, 0.05) is 43.6 Å². The number of hydrogen-bond acceptors (Lipinski definition) is 2. The highest BCUT2D eigenvalue weighted by atomic mass is 16.2. The lowest BCUT2D eigenvalue weighted by Crippen LogP contribution is -2.31. The summed E-state index contributed by atoms with van der Waals surface area (Å²) in [5.74, 6) is 0.252. The van der Waals surface area contributed by atoms with E-state index in [0.29, 0.717) is 19.4 Å². The molecule has 1 aromatic heterocycles. The minimum absolute atomic E-state index is 0.0137. The van der Waals surface area contributed by atoms with Crippen LogP contribution >= 0.6 is 0 Å². The Balaban J connectivity index is 1.48. The van der Waals surface area contributed by atoms with Crippen LogP contribution in [0.4, 0.5) is 0 Å². The maximum Gasteiger partial charge on any atom is 0.225 e. The zero-order valence-corrected chi connectivity index (χ0v) is 14.7. The Bertz CT molecular complexity index is 734. The molecule has 1 aliphatic heterocycles. The van der Waals surface area contributed by atoms with E-state index in [1.807, 2.05) is 27.8 Å². The number of nitrogens with zero attached hydrogens (tertiary/aromatic N) is 2. The molecule has 1 aliphatic rings. The summed E-state index contributed by atoms with van der Waals surface area (Å²) in [6.45, 7) is 4.26. The number of hydrogen-bond donors (Lipinski definition) is 1. The van der Waals surface area contributed by atoms with E-state index in [4.69, 9.17) is 0 Å². The smallest absolute Gasteiger partial charge is 0.225 e. The molecule has 2 aromatic rings. The van der Waals surface area contributed by atoms with E-state index < -0.39 is 0 Å². The van der Waals surface area contributed by atoms with Crippen LogP contribution in [0.5, 0.6) is 0 Å². The van der Waals surface area contributed by atoms with Crippen LogP contribution in [0.3, 0.4) is 0 Å². The highest BCUT2D eigenvalue weighted by Gasteiger charge is 2.19. The van der Waals surface area contributed by atoms with Gasteiger partial charge in [-0.3, -0.25) is 9.59 Å². The third kappa shape index (κ3) is 4.50. The molecule has 0 radical (unpaired) electrons. The fourth-order valence-electron chi connectivity index (χ4n) is 3.18. The first-order chi connectivity index (χ1) is 12.1. The molecular weight excluding hydrogens is 314 g/mol. The number of carbonyl (C=O) groups is 2. The summed E-state index contributed by atoms with van der Waals surface area (Å²) in [5, 5.41) is 2.96. The Morgan fingerprint density at radius 3 is 2.72 bits per heavy atom. The lowest BCUT2D eigenvalue weighted by atomic mass is 10.2. The van der Waals surface area contributed by atoms with Crippen LogP contribution in [0.2, 0.25) is 0 Å². The Hall–Kier alpha value is -2.56. The van der Waals surface area contributed by atoms with E-state index in [-0.39, 0.29) is 11.8 Å². The molecule has 132 valence electrons. The summed E-state index contributed by atoms with van der Waals surface area (Å²) in [5.41, 5.74) is 3.24. The maximum atomic E-state index is 12.2. The van der Waals surface area contributed by atoms with Crippen molar-refractivity contribution in [3.8, 4) is 5.69 Å². The van der Waals surface area contributed by atoms with Crippen molar-refractivity contribution in [1.29, 1.82) is 0 Å². The summed E-state index contributed by atoms with van der Waals surface area (Å²) in [4.78, 5) is 25.6. The second-order valence-electron chi connectivity index (χ2n) is 6.57. The van der Waals surface area contributed by atoms with Crippen molar-refractivity contribution in [3.63, 3.8) is 0 Å². The quantitative estimate of drug-likeness (QED) is 0.788. The number of amides is 2. The van der Waals surface area contributed by atoms with Gasteiger partial charge in [0.15, 0.2) is 0 Å². The van der Waals surface area contributed by atoms with Gasteiger partial charge in [0.1, 0.15) is 0 Å². The number of nitrogens with one attached hydrogen (secondary N) is 1. The van der Waals surface area contributed by atoms with Gasteiger partial charge in [-0.15, -0.1) is 0 Å². The average Bonchev–Trinajstić information content (AvgIpc) is 3.22. The van der Waals surface area contributed by atoms with Gasteiger partial charge in [0.25, 0.3) is 0 Å². The molecule has 25 heavy (non-hydrogen) atoms. The number of aromatic nitrogens is 1. The van der Waals surface area contributed by atoms with Crippen LogP contribution in [0, 0.1) is 6.92 Å². The summed E-state index contributed by atoms with van der Waals surface area (Å²) in [6.07, 6.45) is 4.76. The van der Waals surface area contributed by atoms with E-state index in [0.717, 1.165) is 37.3 Å². The molecule has 1 N–H and O–H groups in total. The van der Waals surface area contributed by atoms with E-state index in [1.54, 1.807) is 0 Å². The zero-order chi connectivity index (χ0) is 17.6. The van der Waals surface area contributed by atoms with Crippen LogP contribution in [0.1, 0.15) is 30.5 Å². The Kier molecular flexibility index (Phi) is 5.53. The fraction of sp³-hybridized carbons (Fsp3) is 0.400. The van der Waals surface area contributed by atoms with Gasteiger partial charge in [-0.25, -0.2) is 0 Å². The molecule has 0 unspecified atom stereocenters. The second kappa shape index (κ2) is 8.01. The topological polar surface area (TPSA) is 54.3 Å². The summed E-state index contributed by atoms with van der Waals surface area (Å²) in [7, 11) is 0. The minimum Gasteiger partial charge on any atom is -0.356 e. The molecule has 3 rings (SSSR count).